The number of piperidine rings is 1. The van der Waals surface area contributed by atoms with Gasteiger partial charge in [0.2, 0.25) is 0 Å². The number of hydrogen-bond donors (Lipinski definition) is 4. The van der Waals surface area contributed by atoms with Crippen molar-refractivity contribution in [1.82, 2.24) is 25.7 Å². The predicted molar refractivity (Wildman–Crippen MR) is 96.8 cm³/mol. The lowest BCUT2D eigenvalue weighted by Crippen LogP contribution is -2.44. The summed E-state index contributed by atoms with van der Waals surface area (Å²) in [5.74, 6) is 1.68. The number of anilines is 1. The first-order valence-corrected chi connectivity index (χ1v) is 8.96. The fourth-order valence-corrected chi connectivity index (χ4v) is 3.53. The van der Waals surface area contributed by atoms with Crippen LogP contribution in [0.1, 0.15) is 37.9 Å². The zero-order valence-corrected chi connectivity index (χ0v) is 15.1. The molecule has 0 radical (unpaired) electrons. The number of aromatic amines is 1. The molecule has 1 aromatic heterocycles. The van der Waals surface area contributed by atoms with Gasteiger partial charge < -0.3 is 21.3 Å². The number of H-pyrrole nitrogens is 1. The van der Waals surface area contributed by atoms with Crippen LogP contribution in [0.15, 0.2) is 0 Å². The topological polar surface area (TPSA) is 123 Å². The molecule has 1 fully saturated rings. The minimum Gasteiger partial charge on any atom is -0.381 e. The molecule has 138 valence electrons. The van der Waals surface area contributed by atoms with E-state index in [0.717, 1.165) is 37.2 Å². The van der Waals surface area contributed by atoms with Gasteiger partial charge >= 0.3 is 6.03 Å². The Bertz CT molecular complexity index is 597. The molecule has 1 aliphatic rings. The van der Waals surface area contributed by atoms with Crippen molar-refractivity contribution >= 4 is 11.8 Å². The molecule has 0 aliphatic carbocycles. The van der Waals surface area contributed by atoms with Gasteiger partial charge in [-0.3, -0.25) is 5.10 Å². The van der Waals surface area contributed by atoms with E-state index in [-0.39, 0.29) is 11.8 Å². The van der Waals surface area contributed by atoms with Crippen LogP contribution in [0.4, 0.5) is 10.6 Å². The first-order chi connectivity index (χ1) is 12.0. The monoisotopic (exact) mass is 347 g/mol. The lowest BCUT2D eigenvalue weighted by atomic mass is 9.92. The number of nitrogens with one attached hydrogen (secondary N) is 3. The lowest BCUT2D eigenvalue weighted by Gasteiger charge is -2.34. The second kappa shape index (κ2) is 9.28. The van der Waals surface area contributed by atoms with E-state index in [0.29, 0.717) is 31.5 Å². The minimum absolute atomic E-state index is 0.150. The van der Waals surface area contributed by atoms with Crippen LogP contribution < -0.4 is 16.4 Å². The van der Waals surface area contributed by atoms with Gasteiger partial charge in [0.05, 0.1) is 5.69 Å². The van der Waals surface area contributed by atoms with Crippen molar-refractivity contribution in [2.24, 2.45) is 11.8 Å². The molecule has 2 atom stereocenters. The molecule has 8 nitrogen and oxygen atoms in total. The molecule has 1 saturated heterocycles. The normalized spacial score (nSPS) is 20.8. The molecule has 0 aromatic carbocycles. The van der Waals surface area contributed by atoms with E-state index in [9.17, 15) is 4.79 Å². The molecule has 25 heavy (non-hydrogen) atoms. The van der Waals surface area contributed by atoms with Gasteiger partial charge in [0.25, 0.3) is 0 Å². The van der Waals surface area contributed by atoms with E-state index in [1.807, 2.05) is 6.07 Å². The highest BCUT2D eigenvalue weighted by molar-refractivity contribution is 5.73. The maximum absolute atomic E-state index is 11.8. The summed E-state index contributed by atoms with van der Waals surface area (Å²) >= 11 is 0. The number of aromatic nitrogens is 2. The van der Waals surface area contributed by atoms with Crippen molar-refractivity contribution in [3.63, 3.8) is 0 Å². The molecular weight excluding hydrogens is 318 g/mol. The van der Waals surface area contributed by atoms with E-state index in [1.54, 1.807) is 0 Å². The summed E-state index contributed by atoms with van der Waals surface area (Å²) in [4.78, 5) is 14.2. The van der Waals surface area contributed by atoms with Gasteiger partial charge in [0.15, 0.2) is 5.82 Å². The van der Waals surface area contributed by atoms with E-state index in [4.69, 9.17) is 11.0 Å². The van der Waals surface area contributed by atoms with Crippen molar-refractivity contribution in [3.8, 4) is 6.07 Å². The number of amides is 2. The highest BCUT2D eigenvalue weighted by Gasteiger charge is 2.21. The maximum atomic E-state index is 11.8. The third-order valence-corrected chi connectivity index (χ3v) is 4.53. The van der Waals surface area contributed by atoms with Crippen molar-refractivity contribution < 1.29 is 4.79 Å². The third-order valence-electron chi connectivity index (χ3n) is 4.53. The van der Waals surface area contributed by atoms with Gasteiger partial charge in [-0.1, -0.05) is 13.8 Å². The fraction of sp³-hybridized carbons (Fsp3) is 0.706. The van der Waals surface area contributed by atoms with Crippen molar-refractivity contribution in [2.45, 2.75) is 33.1 Å². The van der Waals surface area contributed by atoms with E-state index >= 15 is 0 Å². The Labute approximate surface area is 149 Å². The summed E-state index contributed by atoms with van der Waals surface area (Å²) in [5.41, 5.74) is 6.70. The summed E-state index contributed by atoms with van der Waals surface area (Å²) in [6.45, 7) is 8.88. The Kier molecular flexibility index (Phi) is 7.07. The van der Waals surface area contributed by atoms with Crippen molar-refractivity contribution in [3.05, 3.63) is 11.3 Å². The van der Waals surface area contributed by atoms with Crippen LogP contribution in [-0.4, -0.2) is 53.9 Å². The lowest BCUT2D eigenvalue weighted by molar-refractivity contribution is 0.142. The number of hydrogen-bond acceptors (Lipinski definition) is 5. The summed E-state index contributed by atoms with van der Waals surface area (Å²) in [5, 5.41) is 21.3. The molecular formula is C17H29N7O. The van der Waals surface area contributed by atoms with E-state index < -0.39 is 0 Å². The molecule has 0 unspecified atom stereocenters. The van der Waals surface area contributed by atoms with Crippen LogP contribution in [0.3, 0.4) is 0 Å². The average molecular weight is 347 g/mol. The molecule has 2 amide bonds. The molecule has 0 bridgehead atoms. The summed E-state index contributed by atoms with van der Waals surface area (Å²) in [6.07, 6.45) is 2.63. The maximum Gasteiger partial charge on any atom is 0.314 e. The van der Waals surface area contributed by atoms with Gasteiger partial charge in [0, 0.05) is 32.7 Å². The van der Waals surface area contributed by atoms with Gasteiger partial charge in [-0.15, -0.1) is 0 Å². The number of nitriles is 1. The first kappa shape index (κ1) is 19.1. The second-order valence-corrected chi connectivity index (χ2v) is 7.07. The first-order valence-electron chi connectivity index (χ1n) is 8.96. The minimum atomic E-state index is -0.150. The summed E-state index contributed by atoms with van der Waals surface area (Å²) in [7, 11) is 0. The highest BCUT2D eigenvalue weighted by atomic mass is 16.2. The number of nitrogens with zero attached hydrogens (tertiary/aromatic N) is 3. The van der Waals surface area contributed by atoms with Gasteiger partial charge in [-0.2, -0.15) is 10.4 Å². The van der Waals surface area contributed by atoms with Crippen LogP contribution >= 0.6 is 0 Å². The molecule has 1 aromatic rings. The van der Waals surface area contributed by atoms with Crippen molar-refractivity contribution in [2.75, 3.05) is 38.5 Å². The average Bonchev–Trinajstić information content (AvgIpc) is 2.90. The Hall–Kier alpha value is -2.27. The molecule has 0 saturated carbocycles. The molecule has 8 heteroatoms. The number of carbonyl (C=O) groups is 1. The smallest absolute Gasteiger partial charge is 0.314 e. The number of carbonyl (C=O) groups excluding carboxylic acids is 1. The van der Waals surface area contributed by atoms with E-state index in [2.05, 4.69) is 39.6 Å². The predicted octanol–water partition coefficient (Wildman–Crippen LogP) is 1.07. The number of likely N-dealkylation sites (tertiary alicyclic amines) is 1. The number of nitrogen functional groups attached to an aromatic ring is 1. The highest BCUT2D eigenvalue weighted by Crippen LogP contribution is 2.20. The summed E-state index contributed by atoms with van der Waals surface area (Å²) in [6, 6.07) is 1.89. The van der Waals surface area contributed by atoms with Gasteiger partial charge in [-0.05, 0) is 31.1 Å². The zero-order valence-electron chi connectivity index (χ0n) is 15.1. The zero-order chi connectivity index (χ0) is 18.2. The third kappa shape index (κ3) is 5.94. The Morgan fingerprint density at radius 1 is 1.36 bits per heavy atom. The van der Waals surface area contributed by atoms with Crippen molar-refractivity contribution in [1.29, 1.82) is 5.26 Å². The second-order valence-electron chi connectivity index (χ2n) is 7.07. The molecule has 1 aliphatic heterocycles. The Balaban J connectivity index is 1.57. The quantitative estimate of drug-likeness (QED) is 0.550. The standard InChI is InChI=1S/C17H29N7O/c1-12-8-13(2)11-24(10-12)7-6-21-17(25)20-5-3-4-15-14(9-18)16(19)23-22-15/h12-13H,3-8,10-11H2,1-2H3,(H3,19,22,23)(H2,20,21,25)/t12-,13-/m1/s1. The number of nitrogens with two attached hydrogens (primary N) is 1. The SMILES string of the molecule is C[C@@H]1C[C@@H](C)CN(CCNC(=O)NCCCc2[nH]nc(N)c2C#N)C1. The van der Waals surface area contributed by atoms with Crippen LogP contribution in [0.5, 0.6) is 0 Å². The van der Waals surface area contributed by atoms with Crippen LogP contribution in [0.2, 0.25) is 0 Å². The number of aryl methyl sites for hydroxylation is 1. The van der Waals surface area contributed by atoms with Crippen LogP contribution in [0, 0.1) is 23.2 Å². The Morgan fingerprint density at radius 3 is 2.72 bits per heavy atom. The van der Waals surface area contributed by atoms with Gasteiger partial charge in [-0.25, -0.2) is 4.79 Å². The fourth-order valence-electron chi connectivity index (χ4n) is 3.53. The number of urea groups is 1. The van der Waals surface area contributed by atoms with Crippen LogP contribution in [0.25, 0.3) is 0 Å². The number of rotatable bonds is 7. The molecule has 2 rings (SSSR count). The van der Waals surface area contributed by atoms with Crippen LogP contribution in [-0.2, 0) is 6.42 Å². The molecule has 0 spiro atoms. The van der Waals surface area contributed by atoms with E-state index in [1.165, 1.54) is 6.42 Å². The van der Waals surface area contributed by atoms with Gasteiger partial charge in [0.1, 0.15) is 11.6 Å². The molecule has 2 heterocycles. The summed E-state index contributed by atoms with van der Waals surface area (Å²) < 4.78 is 0. The largest absolute Gasteiger partial charge is 0.381 e. The molecule has 5 N–H and O–H groups in total. The Morgan fingerprint density at radius 2 is 2.04 bits per heavy atom.